The van der Waals surface area contributed by atoms with E-state index in [9.17, 15) is 4.79 Å². The van der Waals surface area contributed by atoms with E-state index in [-0.39, 0.29) is 5.91 Å². The van der Waals surface area contributed by atoms with Gasteiger partial charge >= 0.3 is 0 Å². The second kappa shape index (κ2) is 8.76. The van der Waals surface area contributed by atoms with Gasteiger partial charge in [0.2, 0.25) is 5.91 Å². The molecule has 27 heavy (non-hydrogen) atoms. The molecular weight excluding hydrogens is 381 g/mol. The first kappa shape index (κ1) is 19.0. The van der Waals surface area contributed by atoms with E-state index in [1.165, 1.54) is 11.6 Å². The van der Waals surface area contributed by atoms with Gasteiger partial charge in [-0.15, -0.1) is 0 Å². The molecule has 0 aliphatic heterocycles. The molecule has 3 aromatic rings. The van der Waals surface area contributed by atoms with Gasteiger partial charge in [0.15, 0.2) is 0 Å². The number of rotatable bonds is 5. The first-order valence-electron chi connectivity index (χ1n) is 8.28. The fourth-order valence-electron chi connectivity index (χ4n) is 2.33. The SMILES string of the molecule is Cc1ccc(Oc2ccc(NC(=O)C=Cc3ccc(Cl)cc3Cl)cc2)cc1. The van der Waals surface area contributed by atoms with Gasteiger partial charge in [0.25, 0.3) is 0 Å². The highest BCUT2D eigenvalue weighted by atomic mass is 35.5. The Balaban J connectivity index is 1.59. The summed E-state index contributed by atoms with van der Waals surface area (Å²) in [6, 6.07) is 20.1. The molecule has 3 aromatic carbocycles. The summed E-state index contributed by atoms with van der Waals surface area (Å²) in [6.45, 7) is 2.02. The van der Waals surface area contributed by atoms with Crippen molar-refractivity contribution in [2.45, 2.75) is 6.92 Å². The van der Waals surface area contributed by atoms with Gasteiger partial charge in [-0.2, -0.15) is 0 Å². The van der Waals surface area contributed by atoms with E-state index in [0.29, 0.717) is 21.5 Å². The Morgan fingerprint density at radius 1 is 0.926 bits per heavy atom. The van der Waals surface area contributed by atoms with Gasteiger partial charge in [-0.05, 0) is 67.1 Å². The Labute approximate surface area is 168 Å². The minimum atomic E-state index is -0.256. The van der Waals surface area contributed by atoms with Crippen LogP contribution >= 0.6 is 23.2 Å². The molecule has 0 fully saturated rings. The van der Waals surface area contributed by atoms with Crippen molar-refractivity contribution in [3.63, 3.8) is 0 Å². The summed E-state index contributed by atoms with van der Waals surface area (Å²) in [7, 11) is 0. The third-order valence-electron chi connectivity index (χ3n) is 3.76. The highest BCUT2D eigenvalue weighted by Gasteiger charge is 2.02. The highest BCUT2D eigenvalue weighted by Crippen LogP contribution is 2.24. The summed E-state index contributed by atoms with van der Waals surface area (Å²) in [4.78, 5) is 12.1. The standard InChI is InChI=1S/C22H17Cl2NO2/c1-15-2-9-19(10-3-15)27-20-11-7-18(8-12-20)25-22(26)13-5-16-4-6-17(23)14-21(16)24/h2-14H,1H3,(H,25,26). The molecule has 0 spiro atoms. The third-order valence-corrected chi connectivity index (χ3v) is 4.32. The summed E-state index contributed by atoms with van der Waals surface area (Å²) < 4.78 is 5.77. The molecule has 0 radical (unpaired) electrons. The maximum atomic E-state index is 12.1. The van der Waals surface area contributed by atoms with Crippen LogP contribution in [0.2, 0.25) is 10.0 Å². The van der Waals surface area contributed by atoms with Crippen molar-refractivity contribution in [2.75, 3.05) is 5.32 Å². The van der Waals surface area contributed by atoms with E-state index in [0.717, 1.165) is 11.3 Å². The zero-order chi connectivity index (χ0) is 19.2. The Bertz CT molecular complexity index is 965. The molecular formula is C22H17Cl2NO2. The number of nitrogens with one attached hydrogen (secondary N) is 1. The number of halogens is 2. The topological polar surface area (TPSA) is 38.3 Å². The molecule has 0 bridgehead atoms. The van der Waals surface area contributed by atoms with Gasteiger partial charge in [0.05, 0.1) is 0 Å². The fraction of sp³-hybridized carbons (Fsp3) is 0.0455. The van der Waals surface area contributed by atoms with Crippen molar-refractivity contribution in [3.8, 4) is 11.5 Å². The highest BCUT2D eigenvalue weighted by molar-refractivity contribution is 6.35. The molecule has 3 rings (SSSR count). The lowest BCUT2D eigenvalue weighted by molar-refractivity contribution is -0.111. The zero-order valence-electron chi connectivity index (χ0n) is 14.6. The first-order chi connectivity index (χ1) is 13.0. The van der Waals surface area contributed by atoms with Crippen LogP contribution in [0.3, 0.4) is 0 Å². The van der Waals surface area contributed by atoms with Crippen LogP contribution in [0, 0.1) is 6.92 Å². The fourth-order valence-corrected chi connectivity index (χ4v) is 2.81. The van der Waals surface area contributed by atoms with Gasteiger partial charge in [0, 0.05) is 21.8 Å². The maximum Gasteiger partial charge on any atom is 0.248 e. The van der Waals surface area contributed by atoms with Gasteiger partial charge in [-0.3, -0.25) is 4.79 Å². The quantitative estimate of drug-likeness (QED) is 0.483. The number of benzene rings is 3. The minimum Gasteiger partial charge on any atom is -0.457 e. The van der Waals surface area contributed by atoms with Crippen molar-refractivity contribution in [3.05, 3.63) is 94.0 Å². The molecule has 1 amide bonds. The van der Waals surface area contributed by atoms with E-state index in [4.69, 9.17) is 27.9 Å². The summed E-state index contributed by atoms with van der Waals surface area (Å²) in [5, 5.41) is 3.83. The van der Waals surface area contributed by atoms with E-state index < -0.39 is 0 Å². The van der Waals surface area contributed by atoms with Gasteiger partial charge in [0.1, 0.15) is 11.5 Å². The first-order valence-corrected chi connectivity index (χ1v) is 9.04. The predicted octanol–water partition coefficient (Wildman–Crippen LogP) is 6.75. The molecule has 0 unspecified atom stereocenters. The molecule has 136 valence electrons. The number of hydrogen-bond donors (Lipinski definition) is 1. The maximum absolute atomic E-state index is 12.1. The van der Waals surface area contributed by atoms with Crippen LogP contribution in [0.1, 0.15) is 11.1 Å². The monoisotopic (exact) mass is 397 g/mol. The lowest BCUT2D eigenvalue weighted by Gasteiger charge is -2.07. The zero-order valence-corrected chi connectivity index (χ0v) is 16.1. The number of carbonyl (C=O) groups is 1. The number of hydrogen-bond acceptors (Lipinski definition) is 2. The molecule has 0 saturated carbocycles. The Hall–Kier alpha value is -2.75. The Morgan fingerprint density at radius 3 is 2.19 bits per heavy atom. The van der Waals surface area contributed by atoms with Crippen LogP contribution < -0.4 is 10.1 Å². The van der Waals surface area contributed by atoms with Crippen LogP contribution in [0.15, 0.2) is 72.8 Å². The molecule has 0 atom stereocenters. The predicted molar refractivity (Wildman–Crippen MR) is 112 cm³/mol. The molecule has 0 heterocycles. The van der Waals surface area contributed by atoms with Gasteiger partial charge < -0.3 is 10.1 Å². The van der Waals surface area contributed by atoms with E-state index in [1.807, 2.05) is 31.2 Å². The molecule has 0 aromatic heterocycles. The van der Waals surface area contributed by atoms with Crippen LogP contribution in [0.4, 0.5) is 5.69 Å². The molecule has 3 nitrogen and oxygen atoms in total. The average Bonchev–Trinajstić information content (AvgIpc) is 2.64. The molecule has 0 aliphatic rings. The number of amides is 1. The summed E-state index contributed by atoms with van der Waals surface area (Å²) >= 11 is 11.9. The second-order valence-electron chi connectivity index (χ2n) is 5.93. The van der Waals surface area contributed by atoms with E-state index in [1.54, 1.807) is 48.5 Å². The second-order valence-corrected chi connectivity index (χ2v) is 6.77. The number of ether oxygens (including phenoxy) is 1. The molecule has 0 aliphatic carbocycles. The number of anilines is 1. The van der Waals surface area contributed by atoms with Crippen molar-refractivity contribution in [2.24, 2.45) is 0 Å². The average molecular weight is 398 g/mol. The Kier molecular flexibility index (Phi) is 6.17. The van der Waals surface area contributed by atoms with Crippen molar-refractivity contribution < 1.29 is 9.53 Å². The van der Waals surface area contributed by atoms with Gasteiger partial charge in [-0.1, -0.05) is 47.0 Å². The van der Waals surface area contributed by atoms with Crippen molar-refractivity contribution in [1.29, 1.82) is 0 Å². The molecule has 5 heteroatoms. The van der Waals surface area contributed by atoms with E-state index >= 15 is 0 Å². The van der Waals surface area contributed by atoms with Crippen LogP contribution in [-0.4, -0.2) is 5.91 Å². The van der Waals surface area contributed by atoms with Crippen molar-refractivity contribution in [1.82, 2.24) is 0 Å². The summed E-state index contributed by atoms with van der Waals surface area (Å²) in [5.74, 6) is 1.20. The number of carbonyl (C=O) groups excluding carboxylic acids is 1. The van der Waals surface area contributed by atoms with Crippen LogP contribution in [0.5, 0.6) is 11.5 Å². The smallest absolute Gasteiger partial charge is 0.248 e. The largest absolute Gasteiger partial charge is 0.457 e. The molecule has 0 saturated heterocycles. The lowest BCUT2D eigenvalue weighted by atomic mass is 10.2. The third kappa shape index (κ3) is 5.61. The normalized spacial score (nSPS) is 10.8. The molecule has 1 N–H and O–H groups in total. The summed E-state index contributed by atoms with van der Waals surface area (Å²) in [6.07, 6.45) is 3.06. The Morgan fingerprint density at radius 2 is 1.56 bits per heavy atom. The minimum absolute atomic E-state index is 0.256. The number of aryl methyl sites for hydroxylation is 1. The van der Waals surface area contributed by atoms with Crippen LogP contribution in [0.25, 0.3) is 6.08 Å². The summed E-state index contributed by atoms with van der Waals surface area (Å²) in [5.41, 5.74) is 2.56. The van der Waals surface area contributed by atoms with Gasteiger partial charge in [-0.25, -0.2) is 0 Å². The van der Waals surface area contributed by atoms with E-state index in [2.05, 4.69) is 5.32 Å². The van der Waals surface area contributed by atoms with Crippen molar-refractivity contribution >= 4 is 40.9 Å². The van der Waals surface area contributed by atoms with Crippen LogP contribution in [-0.2, 0) is 4.79 Å². The lowest BCUT2D eigenvalue weighted by Crippen LogP contribution is -2.07.